The molecular formula is C12H9ClF3N3. The summed E-state index contributed by atoms with van der Waals surface area (Å²) in [7, 11) is 0. The van der Waals surface area contributed by atoms with Crippen LogP contribution in [-0.4, -0.2) is 9.97 Å². The largest absolute Gasteiger partial charge is 0.416 e. The van der Waals surface area contributed by atoms with Gasteiger partial charge in [-0.05, 0) is 24.6 Å². The number of nitrogens with one attached hydrogen (secondary N) is 1. The van der Waals surface area contributed by atoms with Gasteiger partial charge in [-0.15, -0.1) is 0 Å². The predicted molar refractivity (Wildman–Crippen MR) is 66.5 cm³/mol. The number of aryl methyl sites for hydroxylation is 1. The van der Waals surface area contributed by atoms with Crippen LogP contribution in [0, 0.1) is 6.92 Å². The van der Waals surface area contributed by atoms with E-state index in [4.69, 9.17) is 11.6 Å². The first-order valence-corrected chi connectivity index (χ1v) is 5.67. The Kier molecular flexibility index (Phi) is 3.61. The molecule has 0 bridgehead atoms. The molecule has 0 atom stereocenters. The minimum Gasteiger partial charge on any atom is -0.337 e. The van der Waals surface area contributed by atoms with Crippen LogP contribution >= 0.6 is 11.6 Å². The lowest BCUT2D eigenvalue weighted by atomic mass is 10.1. The van der Waals surface area contributed by atoms with Crippen LogP contribution in [0.3, 0.4) is 0 Å². The van der Waals surface area contributed by atoms with Crippen LogP contribution in [0.5, 0.6) is 0 Å². The van der Waals surface area contributed by atoms with Crippen molar-refractivity contribution < 1.29 is 13.2 Å². The van der Waals surface area contributed by atoms with Crippen molar-refractivity contribution in [2.24, 2.45) is 0 Å². The van der Waals surface area contributed by atoms with Crippen molar-refractivity contribution in [3.8, 4) is 0 Å². The van der Waals surface area contributed by atoms with Crippen molar-refractivity contribution in [1.29, 1.82) is 0 Å². The van der Waals surface area contributed by atoms with Crippen LogP contribution in [0.15, 0.2) is 30.6 Å². The van der Waals surface area contributed by atoms with Gasteiger partial charge in [0.2, 0.25) is 0 Å². The Morgan fingerprint density at radius 2 is 1.84 bits per heavy atom. The van der Waals surface area contributed by atoms with Crippen LogP contribution < -0.4 is 5.32 Å². The fourth-order valence-electron chi connectivity index (χ4n) is 1.47. The molecule has 0 aliphatic heterocycles. The molecule has 0 spiro atoms. The summed E-state index contributed by atoms with van der Waals surface area (Å²) >= 11 is 5.80. The van der Waals surface area contributed by atoms with Crippen molar-refractivity contribution in [3.63, 3.8) is 0 Å². The number of rotatable bonds is 2. The van der Waals surface area contributed by atoms with Gasteiger partial charge in [0.1, 0.15) is 0 Å². The van der Waals surface area contributed by atoms with Gasteiger partial charge in [-0.3, -0.25) is 0 Å². The molecule has 0 radical (unpaired) electrons. The maximum absolute atomic E-state index is 12.6. The summed E-state index contributed by atoms with van der Waals surface area (Å²) < 4.78 is 37.9. The number of anilines is 2. The normalized spacial score (nSPS) is 11.4. The Labute approximate surface area is 112 Å². The molecule has 0 aliphatic carbocycles. The van der Waals surface area contributed by atoms with Gasteiger partial charge in [0.05, 0.1) is 5.56 Å². The predicted octanol–water partition coefficient (Wildman–Crippen LogP) is 4.20. The van der Waals surface area contributed by atoms with Crippen LogP contribution in [0.25, 0.3) is 0 Å². The third kappa shape index (κ3) is 3.14. The highest BCUT2D eigenvalue weighted by Gasteiger charge is 2.30. The minimum atomic E-state index is -4.39. The van der Waals surface area contributed by atoms with Crippen LogP contribution in [0.2, 0.25) is 5.15 Å². The van der Waals surface area contributed by atoms with Crippen molar-refractivity contribution in [3.05, 3.63) is 46.9 Å². The summed E-state index contributed by atoms with van der Waals surface area (Å²) in [5.74, 6) is 0.214. The van der Waals surface area contributed by atoms with E-state index in [2.05, 4.69) is 15.3 Å². The summed E-state index contributed by atoms with van der Waals surface area (Å²) in [5, 5.41) is 2.84. The summed E-state index contributed by atoms with van der Waals surface area (Å²) in [6.45, 7) is 1.69. The molecule has 1 heterocycles. The highest BCUT2D eigenvalue weighted by Crippen LogP contribution is 2.33. The molecule has 2 rings (SSSR count). The van der Waals surface area contributed by atoms with Gasteiger partial charge >= 0.3 is 6.18 Å². The van der Waals surface area contributed by atoms with Gasteiger partial charge in [-0.1, -0.05) is 17.7 Å². The molecule has 1 aromatic carbocycles. The van der Waals surface area contributed by atoms with Crippen LogP contribution in [0.1, 0.15) is 11.1 Å². The van der Waals surface area contributed by atoms with Crippen molar-refractivity contribution in [2.75, 3.05) is 5.32 Å². The van der Waals surface area contributed by atoms with E-state index in [1.807, 2.05) is 0 Å². The molecule has 1 aromatic heterocycles. The van der Waals surface area contributed by atoms with Gasteiger partial charge in [-0.25, -0.2) is 9.97 Å². The maximum atomic E-state index is 12.6. The molecule has 0 saturated heterocycles. The number of hydrogen-bond acceptors (Lipinski definition) is 3. The van der Waals surface area contributed by atoms with Crippen molar-refractivity contribution in [2.45, 2.75) is 13.1 Å². The molecule has 1 N–H and O–H groups in total. The van der Waals surface area contributed by atoms with Gasteiger partial charge in [0.25, 0.3) is 0 Å². The number of benzene rings is 1. The first-order valence-electron chi connectivity index (χ1n) is 5.29. The second-order valence-corrected chi connectivity index (χ2v) is 4.21. The fourth-order valence-corrected chi connectivity index (χ4v) is 1.62. The van der Waals surface area contributed by atoms with Crippen LogP contribution in [-0.2, 0) is 6.18 Å². The van der Waals surface area contributed by atoms with Gasteiger partial charge < -0.3 is 5.32 Å². The average molecular weight is 288 g/mol. The van der Waals surface area contributed by atoms with Gasteiger partial charge in [0.15, 0.2) is 11.0 Å². The Hall–Kier alpha value is -1.82. The zero-order valence-electron chi connectivity index (χ0n) is 9.79. The summed E-state index contributed by atoms with van der Waals surface area (Å²) in [6.07, 6.45) is -1.60. The molecule has 19 heavy (non-hydrogen) atoms. The van der Waals surface area contributed by atoms with E-state index in [1.165, 1.54) is 18.5 Å². The molecule has 3 nitrogen and oxygen atoms in total. The average Bonchev–Trinajstić information content (AvgIpc) is 2.33. The first kappa shape index (κ1) is 13.6. The number of halogens is 4. The molecule has 100 valence electrons. The number of aromatic nitrogens is 2. The van der Waals surface area contributed by atoms with E-state index in [9.17, 15) is 13.2 Å². The maximum Gasteiger partial charge on any atom is 0.416 e. The van der Waals surface area contributed by atoms with E-state index in [0.717, 1.165) is 12.1 Å². The summed E-state index contributed by atoms with van der Waals surface area (Å²) in [6, 6.07) is 3.43. The minimum absolute atomic E-state index is 0.0966. The third-order valence-electron chi connectivity index (χ3n) is 2.47. The number of alkyl halides is 3. The Bertz CT molecular complexity index is 599. The Morgan fingerprint density at radius 1 is 1.16 bits per heavy atom. The lowest BCUT2D eigenvalue weighted by molar-refractivity contribution is -0.137. The topological polar surface area (TPSA) is 37.8 Å². The van der Waals surface area contributed by atoms with E-state index < -0.39 is 11.7 Å². The smallest absolute Gasteiger partial charge is 0.337 e. The highest BCUT2D eigenvalue weighted by molar-refractivity contribution is 6.31. The Morgan fingerprint density at radius 3 is 2.47 bits per heavy atom. The molecule has 0 unspecified atom stereocenters. The highest BCUT2D eigenvalue weighted by atomic mass is 35.5. The molecule has 0 amide bonds. The quantitative estimate of drug-likeness (QED) is 0.899. The standard InChI is InChI=1S/C12H9ClF3N3/c1-7-2-3-8(12(14,15)16)6-9(7)19-11-10(13)17-4-5-18-11/h2-6H,1H3,(H,18,19). The third-order valence-corrected chi connectivity index (χ3v) is 2.75. The first-order chi connectivity index (χ1) is 8.88. The van der Waals surface area contributed by atoms with Crippen molar-refractivity contribution in [1.82, 2.24) is 9.97 Å². The lowest BCUT2D eigenvalue weighted by Gasteiger charge is -2.13. The SMILES string of the molecule is Cc1ccc(C(F)(F)F)cc1Nc1nccnc1Cl. The zero-order valence-corrected chi connectivity index (χ0v) is 10.5. The second-order valence-electron chi connectivity index (χ2n) is 3.85. The fraction of sp³-hybridized carbons (Fsp3) is 0.167. The molecule has 0 aliphatic rings. The molecule has 0 saturated carbocycles. The molecule has 2 aromatic rings. The summed E-state index contributed by atoms with van der Waals surface area (Å²) in [4.78, 5) is 7.71. The van der Waals surface area contributed by atoms with Gasteiger partial charge in [-0.2, -0.15) is 13.2 Å². The second kappa shape index (κ2) is 5.05. The van der Waals surface area contributed by atoms with E-state index in [1.54, 1.807) is 6.92 Å². The van der Waals surface area contributed by atoms with Crippen LogP contribution in [0.4, 0.5) is 24.7 Å². The monoisotopic (exact) mass is 287 g/mol. The molecule has 7 heteroatoms. The van der Waals surface area contributed by atoms with E-state index >= 15 is 0 Å². The van der Waals surface area contributed by atoms with E-state index in [0.29, 0.717) is 5.56 Å². The Balaban J connectivity index is 2.38. The van der Waals surface area contributed by atoms with Gasteiger partial charge in [0, 0.05) is 18.1 Å². The van der Waals surface area contributed by atoms with Crippen molar-refractivity contribution >= 4 is 23.1 Å². The number of hydrogen-bond donors (Lipinski definition) is 1. The summed E-state index contributed by atoms with van der Waals surface area (Å²) in [5.41, 5.74) is 0.201. The van der Waals surface area contributed by atoms with E-state index in [-0.39, 0.29) is 16.7 Å². The molecular weight excluding hydrogens is 279 g/mol. The lowest BCUT2D eigenvalue weighted by Crippen LogP contribution is -2.06. The molecule has 0 fully saturated rings. The number of nitrogens with zero attached hydrogens (tertiary/aromatic N) is 2. The zero-order chi connectivity index (χ0) is 14.0.